The first-order valence-electron chi connectivity index (χ1n) is 6.06. The van der Waals surface area contributed by atoms with Crippen molar-refractivity contribution in [3.63, 3.8) is 0 Å². The summed E-state index contributed by atoms with van der Waals surface area (Å²) in [6, 6.07) is 8.70. The molecule has 104 valence electrons. The molecule has 0 radical (unpaired) electrons. The Hall–Kier alpha value is -2.43. The summed E-state index contributed by atoms with van der Waals surface area (Å²) in [5.74, 6) is -1.52. The van der Waals surface area contributed by atoms with E-state index in [9.17, 15) is 13.6 Å². The Kier molecular flexibility index (Phi) is 3.98. The van der Waals surface area contributed by atoms with Gasteiger partial charge in [-0.15, -0.1) is 0 Å². The first-order chi connectivity index (χ1) is 9.49. The van der Waals surface area contributed by atoms with Crippen LogP contribution in [0.5, 0.6) is 0 Å². The van der Waals surface area contributed by atoms with Crippen LogP contribution < -0.4 is 11.1 Å². The van der Waals surface area contributed by atoms with Gasteiger partial charge in [-0.2, -0.15) is 0 Å². The Balaban J connectivity index is 2.15. The van der Waals surface area contributed by atoms with Gasteiger partial charge < -0.3 is 11.1 Å². The van der Waals surface area contributed by atoms with Gasteiger partial charge in [-0.05, 0) is 31.2 Å². The van der Waals surface area contributed by atoms with Crippen molar-refractivity contribution >= 4 is 11.6 Å². The first-order valence-corrected chi connectivity index (χ1v) is 6.06. The minimum absolute atomic E-state index is 0.119. The van der Waals surface area contributed by atoms with Gasteiger partial charge in [0.25, 0.3) is 0 Å². The van der Waals surface area contributed by atoms with E-state index in [4.69, 9.17) is 5.73 Å². The van der Waals surface area contributed by atoms with E-state index in [0.717, 1.165) is 6.07 Å². The van der Waals surface area contributed by atoms with Gasteiger partial charge in [0.15, 0.2) is 0 Å². The predicted molar refractivity (Wildman–Crippen MR) is 73.4 cm³/mol. The van der Waals surface area contributed by atoms with E-state index in [0.29, 0.717) is 16.8 Å². The Morgan fingerprint density at radius 1 is 1.20 bits per heavy atom. The van der Waals surface area contributed by atoms with E-state index in [1.807, 2.05) is 0 Å². The molecular formula is C15H14F2N2O. The van der Waals surface area contributed by atoms with Crippen LogP contribution in [0.4, 0.5) is 14.5 Å². The molecule has 0 unspecified atom stereocenters. The van der Waals surface area contributed by atoms with Crippen molar-refractivity contribution in [3.8, 4) is 0 Å². The second kappa shape index (κ2) is 5.69. The number of rotatable bonds is 4. The Bertz CT molecular complexity index is 656. The molecule has 2 aromatic carbocycles. The van der Waals surface area contributed by atoms with Gasteiger partial charge in [0.1, 0.15) is 11.6 Å². The molecule has 0 bridgehead atoms. The number of benzene rings is 2. The number of anilines is 1. The van der Waals surface area contributed by atoms with Gasteiger partial charge in [-0.1, -0.05) is 12.1 Å². The molecular weight excluding hydrogens is 262 g/mol. The number of hydrogen-bond acceptors (Lipinski definition) is 2. The second-order valence-corrected chi connectivity index (χ2v) is 4.44. The zero-order valence-corrected chi connectivity index (χ0v) is 10.9. The van der Waals surface area contributed by atoms with Crippen molar-refractivity contribution in [2.45, 2.75) is 13.5 Å². The number of nitrogens with one attached hydrogen (secondary N) is 1. The fraction of sp³-hybridized carbons (Fsp3) is 0.133. The van der Waals surface area contributed by atoms with E-state index >= 15 is 0 Å². The lowest BCUT2D eigenvalue weighted by Crippen LogP contribution is -2.12. The highest BCUT2D eigenvalue weighted by atomic mass is 19.1. The molecule has 0 atom stereocenters. The highest BCUT2D eigenvalue weighted by Crippen LogP contribution is 2.19. The van der Waals surface area contributed by atoms with E-state index < -0.39 is 11.7 Å². The number of carbonyl (C=O) groups excluding carboxylic acids is 1. The Labute approximate surface area is 115 Å². The molecule has 0 spiro atoms. The molecule has 0 fully saturated rings. The number of hydrogen-bond donors (Lipinski definition) is 2. The third-order valence-electron chi connectivity index (χ3n) is 3.07. The molecule has 3 nitrogen and oxygen atoms in total. The molecule has 2 aromatic rings. The smallest absolute Gasteiger partial charge is 0.248 e. The lowest BCUT2D eigenvalue weighted by molar-refractivity contribution is 0.1000. The molecule has 0 heterocycles. The summed E-state index contributed by atoms with van der Waals surface area (Å²) in [5, 5.41) is 2.96. The van der Waals surface area contributed by atoms with Gasteiger partial charge in [0, 0.05) is 28.9 Å². The summed E-state index contributed by atoms with van der Waals surface area (Å²) in [4.78, 5) is 10.9. The summed E-state index contributed by atoms with van der Waals surface area (Å²) in [6.07, 6.45) is 0. The van der Waals surface area contributed by atoms with Crippen molar-refractivity contribution in [2.75, 3.05) is 5.32 Å². The lowest BCUT2D eigenvalue weighted by atomic mass is 10.1. The average molecular weight is 276 g/mol. The third kappa shape index (κ3) is 2.93. The van der Waals surface area contributed by atoms with Crippen LogP contribution in [-0.2, 0) is 6.54 Å². The topological polar surface area (TPSA) is 55.1 Å². The minimum Gasteiger partial charge on any atom is -0.381 e. The van der Waals surface area contributed by atoms with Crippen LogP contribution in [0.15, 0.2) is 36.4 Å². The van der Waals surface area contributed by atoms with E-state index in [1.54, 1.807) is 19.1 Å². The summed E-state index contributed by atoms with van der Waals surface area (Å²) in [7, 11) is 0. The Morgan fingerprint density at radius 3 is 2.60 bits per heavy atom. The first kappa shape index (κ1) is 14.0. The molecule has 2 rings (SSSR count). The highest BCUT2D eigenvalue weighted by molar-refractivity contribution is 5.92. The monoisotopic (exact) mass is 276 g/mol. The number of primary amides is 1. The molecule has 0 saturated carbocycles. The second-order valence-electron chi connectivity index (χ2n) is 4.44. The van der Waals surface area contributed by atoms with E-state index in [1.165, 1.54) is 18.2 Å². The Morgan fingerprint density at radius 2 is 1.95 bits per heavy atom. The minimum atomic E-state index is -0.676. The predicted octanol–water partition coefficient (Wildman–Crippen LogP) is 2.98. The van der Waals surface area contributed by atoms with Crippen molar-refractivity contribution in [1.82, 2.24) is 0 Å². The number of carbonyl (C=O) groups is 1. The molecule has 0 aliphatic heterocycles. The van der Waals surface area contributed by atoms with Crippen molar-refractivity contribution in [2.24, 2.45) is 5.73 Å². The van der Waals surface area contributed by atoms with Crippen LogP contribution in [0.3, 0.4) is 0 Å². The number of amides is 1. The number of nitrogens with two attached hydrogens (primary N) is 1. The molecule has 1 amide bonds. The van der Waals surface area contributed by atoms with Crippen LogP contribution in [0.25, 0.3) is 0 Å². The van der Waals surface area contributed by atoms with E-state index in [-0.39, 0.29) is 17.9 Å². The number of halogens is 2. The van der Waals surface area contributed by atoms with Gasteiger partial charge in [-0.3, -0.25) is 4.79 Å². The molecule has 20 heavy (non-hydrogen) atoms. The summed E-state index contributed by atoms with van der Waals surface area (Å²) >= 11 is 0. The highest BCUT2D eigenvalue weighted by Gasteiger charge is 2.08. The zero-order valence-electron chi connectivity index (χ0n) is 10.9. The maximum atomic E-state index is 13.8. The van der Waals surface area contributed by atoms with Crippen LogP contribution in [0, 0.1) is 18.6 Å². The fourth-order valence-electron chi connectivity index (χ4n) is 1.83. The maximum absolute atomic E-state index is 13.8. The van der Waals surface area contributed by atoms with Crippen LogP contribution in [0.1, 0.15) is 21.5 Å². The zero-order chi connectivity index (χ0) is 14.7. The van der Waals surface area contributed by atoms with Gasteiger partial charge in [0.2, 0.25) is 5.91 Å². The summed E-state index contributed by atoms with van der Waals surface area (Å²) < 4.78 is 27.1. The molecule has 0 aliphatic carbocycles. The molecule has 3 N–H and O–H groups in total. The van der Waals surface area contributed by atoms with Crippen molar-refractivity contribution in [3.05, 3.63) is 64.7 Å². The van der Waals surface area contributed by atoms with Crippen molar-refractivity contribution in [1.29, 1.82) is 0 Å². The van der Waals surface area contributed by atoms with E-state index in [2.05, 4.69) is 5.32 Å². The summed E-state index contributed by atoms with van der Waals surface area (Å²) in [5.41, 5.74) is 6.64. The van der Waals surface area contributed by atoms with Crippen LogP contribution in [-0.4, -0.2) is 5.91 Å². The van der Waals surface area contributed by atoms with Crippen LogP contribution in [0.2, 0.25) is 0 Å². The maximum Gasteiger partial charge on any atom is 0.248 e. The average Bonchev–Trinajstić information content (AvgIpc) is 2.41. The standard InChI is InChI=1S/C15H14F2N2O/c1-9-12(16)3-2-4-14(9)19-8-11-6-5-10(15(18)20)7-13(11)17/h2-7,19H,8H2,1H3,(H2,18,20). The summed E-state index contributed by atoms with van der Waals surface area (Å²) in [6.45, 7) is 1.83. The SMILES string of the molecule is Cc1c(F)cccc1NCc1ccc(C(N)=O)cc1F. The van der Waals surface area contributed by atoms with Gasteiger partial charge in [-0.25, -0.2) is 8.78 Å². The van der Waals surface area contributed by atoms with Crippen LogP contribution >= 0.6 is 0 Å². The fourth-order valence-corrected chi connectivity index (χ4v) is 1.83. The normalized spacial score (nSPS) is 10.3. The molecule has 0 aliphatic rings. The molecule has 0 saturated heterocycles. The molecule has 5 heteroatoms. The largest absolute Gasteiger partial charge is 0.381 e. The van der Waals surface area contributed by atoms with Gasteiger partial charge in [0.05, 0.1) is 0 Å². The molecule has 0 aromatic heterocycles. The quantitative estimate of drug-likeness (QED) is 0.902. The lowest BCUT2D eigenvalue weighted by Gasteiger charge is -2.11. The van der Waals surface area contributed by atoms with Crippen molar-refractivity contribution < 1.29 is 13.6 Å². The third-order valence-corrected chi connectivity index (χ3v) is 3.07. The van der Waals surface area contributed by atoms with Gasteiger partial charge >= 0.3 is 0 Å².